The molecule has 6 heteroatoms. The van der Waals surface area contributed by atoms with Gasteiger partial charge in [-0.15, -0.1) is 0 Å². The third-order valence-corrected chi connectivity index (χ3v) is 4.04. The number of urea groups is 1. The van der Waals surface area contributed by atoms with E-state index in [2.05, 4.69) is 24.5 Å². The van der Waals surface area contributed by atoms with Crippen molar-refractivity contribution in [2.75, 3.05) is 13.1 Å². The smallest absolute Gasteiger partial charge is 0.325 e. The largest absolute Gasteiger partial charge is 0.355 e. The fourth-order valence-corrected chi connectivity index (χ4v) is 2.50. The van der Waals surface area contributed by atoms with Crippen molar-refractivity contribution in [2.45, 2.75) is 45.6 Å². The summed E-state index contributed by atoms with van der Waals surface area (Å²) in [6.45, 7) is 6.28. The Kier molecular flexibility index (Phi) is 4.01. The monoisotopic (exact) mass is 281 g/mol. The van der Waals surface area contributed by atoms with E-state index in [9.17, 15) is 14.4 Å². The summed E-state index contributed by atoms with van der Waals surface area (Å²) in [6.07, 6.45) is 2.79. The van der Waals surface area contributed by atoms with Crippen molar-refractivity contribution in [3.63, 3.8) is 0 Å². The molecule has 1 saturated heterocycles. The van der Waals surface area contributed by atoms with Crippen molar-refractivity contribution in [1.29, 1.82) is 0 Å². The molecular formula is C14H23N3O3. The zero-order valence-corrected chi connectivity index (χ0v) is 12.4. The third kappa shape index (κ3) is 2.94. The highest BCUT2D eigenvalue weighted by molar-refractivity contribution is 6.09. The summed E-state index contributed by atoms with van der Waals surface area (Å²) in [7, 11) is 0. The van der Waals surface area contributed by atoms with Gasteiger partial charge in [0, 0.05) is 6.54 Å². The van der Waals surface area contributed by atoms with Crippen molar-refractivity contribution in [2.24, 2.45) is 11.8 Å². The summed E-state index contributed by atoms with van der Waals surface area (Å²) in [5, 5.41) is 5.47. The lowest BCUT2D eigenvalue weighted by Crippen LogP contribution is -2.47. The predicted octanol–water partition coefficient (Wildman–Crippen LogP) is 0.869. The highest BCUT2D eigenvalue weighted by atomic mass is 16.2. The standard InChI is InChI=1S/C14H23N3O3/c1-9(2)6-7-15-11(18)8-17-12(19)14(3,10-4-5-10)16-13(17)20/h9-10H,4-8H2,1-3H3,(H,15,18)(H,16,20). The van der Waals surface area contributed by atoms with Gasteiger partial charge in [0.1, 0.15) is 12.1 Å². The Balaban J connectivity index is 1.87. The molecule has 6 nitrogen and oxygen atoms in total. The van der Waals surface area contributed by atoms with Gasteiger partial charge >= 0.3 is 6.03 Å². The highest BCUT2D eigenvalue weighted by Crippen LogP contribution is 2.42. The number of carbonyl (C=O) groups excluding carboxylic acids is 3. The van der Waals surface area contributed by atoms with Crippen LogP contribution in [0.2, 0.25) is 0 Å². The molecule has 1 atom stereocenters. The molecule has 112 valence electrons. The van der Waals surface area contributed by atoms with Gasteiger partial charge in [0.05, 0.1) is 0 Å². The molecule has 1 unspecified atom stereocenters. The minimum Gasteiger partial charge on any atom is -0.355 e. The van der Waals surface area contributed by atoms with Gasteiger partial charge in [-0.1, -0.05) is 13.8 Å². The van der Waals surface area contributed by atoms with Crippen molar-refractivity contribution in [3.8, 4) is 0 Å². The van der Waals surface area contributed by atoms with Gasteiger partial charge in [0.2, 0.25) is 5.91 Å². The molecule has 1 heterocycles. The lowest BCUT2D eigenvalue weighted by atomic mass is 9.96. The maximum Gasteiger partial charge on any atom is 0.325 e. The maximum absolute atomic E-state index is 12.3. The fraction of sp³-hybridized carbons (Fsp3) is 0.786. The molecular weight excluding hydrogens is 258 g/mol. The average Bonchev–Trinajstić information content (AvgIpc) is 3.15. The number of hydrogen-bond donors (Lipinski definition) is 2. The first-order valence-corrected chi connectivity index (χ1v) is 7.25. The average molecular weight is 281 g/mol. The molecule has 2 fully saturated rings. The van der Waals surface area contributed by atoms with E-state index in [4.69, 9.17) is 0 Å². The molecule has 1 aliphatic carbocycles. The molecule has 0 radical (unpaired) electrons. The third-order valence-electron chi connectivity index (χ3n) is 4.04. The zero-order chi connectivity index (χ0) is 14.9. The van der Waals surface area contributed by atoms with Crippen molar-refractivity contribution < 1.29 is 14.4 Å². The summed E-state index contributed by atoms with van der Waals surface area (Å²) >= 11 is 0. The molecule has 0 spiro atoms. The summed E-state index contributed by atoms with van der Waals surface area (Å²) in [4.78, 5) is 37.0. The predicted molar refractivity (Wildman–Crippen MR) is 73.8 cm³/mol. The Morgan fingerprint density at radius 3 is 2.65 bits per heavy atom. The fourth-order valence-electron chi connectivity index (χ4n) is 2.50. The molecule has 0 bridgehead atoms. The molecule has 1 aliphatic heterocycles. The van der Waals surface area contributed by atoms with E-state index < -0.39 is 11.6 Å². The van der Waals surface area contributed by atoms with Crippen molar-refractivity contribution >= 4 is 17.8 Å². The first-order valence-electron chi connectivity index (χ1n) is 7.25. The second kappa shape index (κ2) is 5.42. The van der Waals surface area contributed by atoms with Crippen LogP contribution in [0.4, 0.5) is 4.79 Å². The molecule has 2 rings (SSSR count). The minimum atomic E-state index is -0.810. The zero-order valence-electron chi connectivity index (χ0n) is 12.4. The Morgan fingerprint density at radius 1 is 1.45 bits per heavy atom. The van der Waals surface area contributed by atoms with Crippen LogP contribution >= 0.6 is 0 Å². The first-order chi connectivity index (χ1) is 9.34. The van der Waals surface area contributed by atoms with E-state index >= 15 is 0 Å². The number of carbonyl (C=O) groups is 3. The highest BCUT2D eigenvalue weighted by Gasteiger charge is 2.56. The molecule has 4 amide bonds. The summed E-state index contributed by atoms with van der Waals surface area (Å²) in [5.74, 6) is 0.163. The number of amides is 4. The lowest BCUT2D eigenvalue weighted by Gasteiger charge is -2.20. The van der Waals surface area contributed by atoms with Gasteiger partial charge in [0.15, 0.2) is 0 Å². The van der Waals surface area contributed by atoms with Gasteiger partial charge in [0.25, 0.3) is 5.91 Å². The van der Waals surface area contributed by atoms with E-state index in [1.807, 2.05) is 0 Å². The van der Waals surface area contributed by atoms with E-state index in [0.717, 1.165) is 24.2 Å². The van der Waals surface area contributed by atoms with E-state index in [-0.39, 0.29) is 24.3 Å². The first kappa shape index (κ1) is 14.8. The molecule has 20 heavy (non-hydrogen) atoms. The number of nitrogens with one attached hydrogen (secondary N) is 2. The molecule has 0 aromatic carbocycles. The van der Waals surface area contributed by atoms with E-state index in [1.54, 1.807) is 6.92 Å². The van der Waals surface area contributed by atoms with Crippen LogP contribution in [0.1, 0.15) is 40.0 Å². The Morgan fingerprint density at radius 2 is 2.10 bits per heavy atom. The van der Waals surface area contributed by atoms with Crippen LogP contribution in [0.25, 0.3) is 0 Å². The number of rotatable bonds is 6. The van der Waals surface area contributed by atoms with E-state index in [1.165, 1.54) is 0 Å². The summed E-state index contributed by atoms with van der Waals surface area (Å²) < 4.78 is 0. The summed E-state index contributed by atoms with van der Waals surface area (Å²) in [6, 6.07) is -0.455. The van der Waals surface area contributed by atoms with Crippen LogP contribution in [-0.4, -0.2) is 41.4 Å². The minimum absolute atomic E-state index is 0.189. The van der Waals surface area contributed by atoms with Crippen LogP contribution in [0.5, 0.6) is 0 Å². The molecule has 2 N–H and O–H groups in total. The maximum atomic E-state index is 12.3. The molecule has 1 saturated carbocycles. The number of nitrogens with zero attached hydrogens (tertiary/aromatic N) is 1. The van der Waals surface area contributed by atoms with Crippen molar-refractivity contribution in [3.05, 3.63) is 0 Å². The normalized spacial score (nSPS) is 26.1. The van der Waals surface area contributed by atoms with Gasteiger partial charge in [-0.25, -0.2) is 4.79 Å². The topological polar surface area (TPSA) is 78.5 Å². The Hall–Kier alpha value is -1.59. The van der Waals surface area contributed by atoms with Crippen LogP contribution in [-0.2, 0) is 9.59 Å². The van der Waals surface area contributed by atoms with E-state index in [0.29, 0.717) is 12.5 Å². The summed E-state index contributed by atoms with van der Waals surface area (Å²) in [5.41, 5.74) is -0.810. The van der Waals surface area contributed by atoms with Crippen LogP contribution in [0.3, 0.4) is 0 Å². The number of hydrogen-bond acceptors (Lipinski definition) is 3. The molecule has 2 aliphatic rings. The lowest BCUT2D eigenvalue weighted by molar-refractivity contribution is -0.135. The van der Waals surface area contributed by atoms with Gasteiger partial charge in [-0.05, 0) is 38.0 Å². The quantitative estimate of drug-likeness (QED) is 0.709. The number of imide groups is 1. The van der Waals surface area contributed by atoms with Gasteiger partial charge < -0.3 is 10.6 Å². The van der Waals surface area contributed by atoms with Crippen molar-refractivity contribution in [1.82, 2.24) is 15.5 Å². The Labute approximate surface area is 119 Å². The second-order valence-corrected chi connectivity index (χ2v) is 6.33. The van der Waals surface area contributed by atoms with Crippen LogP contribution < -0.4 is 10.6 Å². The second-order valence-electron chi connectivity index (χ2n) is 6.33. The van der Waals surface area contributed by atoms with Crippen LogP contribution in [0.15, 0.2) is 0 Å². The molecule has 0 aromatic rings. The van der Waals surface area contributed by atoms with Gasteiger partial charge in [-0.2, -0.15) is 0 Å². The van der Waals surface area contributed by atoms with Gasteiger partial charge in [-0.3, -0.25) is 14.5 Å². The van der Waals surface area contributed by atoms with Crippen LogP contribution in [0, 0.1) is 11.8 Å². The molecule has 0 aromatic heterocycles. The SMILES string of the molecule is CC(C)CCNC(=O)CN1C(=O)NC(C)(C2CC2)C1=O. The Bertz CT molecular complexity index is 431.